The molecule has 7 rings (SSSR count). The third kappa shape index (κ3) is 3.51. The van der Waals surface area contributed by atoms with Crippen molar-refractivity contribution in [3.8, 4) is 22.6 Å². The summed E-state index contributed by atoms with van der Waals surface area (Å²) in [5, 5.41) is 2.29. The van der Waals surface area contributed by atoms with Gasteiger partial charge in [0.15, 0.2) is 11.3 Å². The van der Waals surface area contributed by atoms with Gasteiger partial charge in [-0.05, 0) is 65.6 Å². The molecule has 5 aromatic carbocycles. The molecule has 2 aliphatic rings. The van der Waals surface area contributed by atoms with Crippen LogP contribution in [0.1, 0.15) is 60.1 Å². The number of nitrogens with zero attached hydrogens (tertiary/aromatic N) is 1. The van der Waals surface area contributed by atoms with Gasteiger partial charge in [-0.3, -0.25) is 0 Å². The van der Waals surface area contributed by atoms with Gasteiger partial charge in [-0.25, -0.2) is 4.85 Å². The number of hydrogen-bond acceptors (Lipinski definition) is 2. The summed E-state index contributed by atoms with van der Waals surface area (Å²) in [5.74, 6) is 1.72. The van der Waals surface area contributed by atoms with E-state index in [1.807, 2.05) is 18.2 Å². The van der Waals surface area contributed by atoms with E-state index < -0.39 is 5.60 Å². The topological polar surface area (TPSA) is 22.8 Å². The van der Waals surface area contributed by atoms with Gasteiger partial charge in [0.2, 0.25) is 0 Å². The Morgan fingerprint density at radius 3 is 2.14 bits per heavy atom. The van der Waals surface area contributed by atoms with E-state index in [-0.39, 0.29) is 5.41 Å². The normalized spacial score (nSPS) is 17.6. The zero-order valence-corrected chi connectivity index (χ0v) is 24.5. The second-order valence-corrected chi connectivity index (χ2v) is 11.4. The van der Waals surface area contributed by atoms with Crippen LogP contribution < -0.4 is 9.47 Å². The van der Waals surface area contributed by atoms with Crippen molar-refractivity contribution in [3.63, 3.8) is 0 Å². The van der Waals surface area contributed by atoms with E-state index in [0.29, 0.717) is 5.69 Å². The number of rotatable bonds is 5. The van der Waals surface area contributed by atoms with Crippen LogP contribution in [0, 0.1) is 13.5 Å². The molecular formula is C39H33NO2. The molecule has 0 saturated heterocycles. The summed E-state index contributed by atoms with van der Waals surface area (Å²) in [4.78, 5) is 3.80. The molecule has 0 spiro atoms. The Bertz CT molecular complexity index is 1920. The van der Waals surface area contributed by atoms with Gasteiger partial charge in [-0.15, -0.1) is 0 Å². The Labute approximate surface area is 247 Å². The van der Waals surface area contributed by atoms with E-state index in [2.05, 4.69) is 111 Å². The molecular weight excluding hydrogens is 514 g/mol. The fourth-order valence-corrected chi connectivity index (χ4v) is 7.32. The highest BCUT2D eigenvalue weighted by Crippen LogP contribution is 2.60. The van der Waals surface area contributed by atoms with Gasteiger partial charge < -0.3 is 9.47 Å². The van der Waals surface area contributed by atoms with E-state index in [9.17, 15) is 0 Å². The van der Waals surface area contributed by atoms with Crippen LogP contribution in [0.5, 0.6) is 11.5 Å². The number of ether oxygens (including phenoxy) is 2. The van der Waals surface area contributed by atoms with Crippen LogP contribution in [-0.2, 0) is 11.0 Å². The van der Waals surface area contributed by atoms with Gasteiger partial charge in [0, 0.05) is 27.5 Å². The molecule has 0 saturated carbocycles. The molecule has 206 valence electrons. The van der Waals surface area contributed by atoms with Crippen molar-refractivity contribution >= 4 is 22.5 Å². The summed E-state index contributed by atoms with van der Waals surface area (Å²) >= 11 is 0. The molecule has 1 heterocycles. The summed E-state index contributed by atoms with van der Waals surface area (Å²) < 4.78 is 12.9. The molecule has 3 nitrogen and oxygen atoms in total. The molecule has 0 radical (unpaired) electrons. The van der Waals surface area contributed by atoms with Crippen LogP contribution in [-0.4, -0.2) is 7.11 Å². The highest BCUT2D eigenvalue weighted by atomic mass is 16.5. The van der Waals surface area contributed by atoms with Gasteiger partial charge in [-0.2, -0.15) is 0 Å². The minimum atomic E-state index is -0.812. The minimum Gasteiger partial charge on any atom is -0.497 e. The van der Waals surface area contributed by atoms with E-state index >= 15 is 0 Å². The largest absolute Gasteiger partial charge is 0.497 e. The van der Waals surface area contributed by atoms with Gasteiger partial charge in [0.05, 0.1) is 13.7 Å². The molecule has 1 aliphatic heterocycles. The summed E-state index contributed by atoms with van der Waals surface area (Å²) in [6, 6.07) is 31.8. The lowest BCUT2D eigenvalue weighted by Crippen LogP contribution is -2.35. The summed E-state index contributed by atoms with van der Waals surface area (Å²) in [6.45, 7) is 14.4. The second kappa shape index (κ2) is 9.64. The number of benzene rings is 5. The Morgan fingerprint density at radius 1 is 0.833 bits per heavy atom. The lowest BCUT2D eigenvalue weighted by Gasteiger charge is -2.39. The average Bonchev–Trinajstić information content (AvgIpc) is 3.35. The molecule has 0 fully saturated rings. The van der Waals surface area contributed by atoms with Crippen molar-refractivity contribution in [2.75, 3.05) is 7.11 Å². The minimum absolute atomic E-state index is 0.211. The lowest BCUT2D eigenvalue weighted by molar-refractivity contribution is 0.163. The Hall–Kier alpha value is -4.81. The predicted molar refractivity (Wildman–Crippen MR) is 172 cm³/mol. The van der Waals surface area contributed by atoms with Crippen LogP contribution in [0.4, 0.5) is 5.69 Å². The zero-order valence-electron chi connectivity index (χ0n) is 24.5. The molecule has 0 amide bonds. The average molecular weight is 548 g/mol. The number of methoxy groups -OCH3 is 1. The van der Waals surface area contributed by atoms with Crippen molar-refractivity contribution in [1.29, 1.82) is 0 Å². The first-order chi connectivity index (χ1) is 20.5. The van der Waals surface area contributed by atoms with Crippen LogP contribution in [0.3, 0.4) is 0 Å². The maximum Gasteiger partial charge on any atom is 0.187 e. The summed E-state index contributed by atoms with van der Waals surface area (Å²) in [6.07, 6.45) is 6.41. The van der Waals surface area contributed by atoms with Gasteiger partial charge in [0.1, 0.15) is 11.5 Å². The van der Waals surface area contributed by atoms with Crippen molar-refractivity contribution in [2.24, 2.45) is 0 Å². The molecule has 0 bridgehead atoms. The molecule has 42 heavy (non-hydrogen) atoms. The molecule has 0 aromatic heterocycles. The number of fused-ring (bicyclic) bond motifs is 8. The van der Waals surface area contributed by atoms with Gasteiger partial charge >= 0.3 is 0 Å². The van der Waals surface area contributed by atoms with E-state index in [4.69, 9.17) is 16.0 Å². The van der Waals surface area contributed by atoms with Gasteiger partial charge in [-0.1, -0.05) is 104 Å². The van der Waals surface area contributed by atoms with Crippen LogP contribution >= 0.6 is 0 Å². The Kier molecular flexibility index (Phi) is 5.99. The highest BCUT2D eigenvalue weighted by Gasteiger charge is 2.46. The standard InChI is InChI=1S/C39H33NO2/c1-6-38(7-2)34-24-28(40-4)18-21-32(34)35-30-10-8-9-11-31(30)37-33(36(35)38)22-23-39(42-37,26-14-12-25(3)13-15-26)27-16-19-29(41-5)20-17-27/h8-24H,6-7H2,1-3,5H3. The van der Waals surface area contributed by atoms with Crippen LogP contribution in [0.2, 0.25) is 0 Å². The third-order valence-electron chi connectivity index (χ3n) is 9.55. The second-order valence-electron chi connectivity index (χ2n) is 11.4. The fraction of sp³-hybridized carbons (Fsp3) is 0.205. The van der Waals surface area contributed by atoms with Crippen LogP contribution in [0.15, 0.2) is 97.1 Å². The first kappa shape index (κ1) is 26.1. The van der Waals surface area contributed by atoms with E-state index in [1.165, 1.54) is 33.2 Å². The third-order valence-corrected chi connectivity index (χ3v) is 9.55. The van der Waals surface area contributed by atoms with Crippen LogP contribution in [0.25, 0.3) is 32.8 Å². The Morgan fingerprint density at radius 2 is 1.50 bits per heavy atom. The molecule has 1 unspecified atom stereocenters. The maximum absolute atomic E-state index is 7.73. The lowest BCUT2D eigenvalue weighted by atomic mass is 9.71. The van der Waals surface area contributed by atoms with Crippen molar-refractivity contribution in [3.05, 3.63) is 142 Å². The maximum atomic E-state index is 7.73. The zero-order chi connectivity index (χ0) is 29.1. The van der Waals surface area contributed by atoms with Gasteiger partial charge in [0.25, 0.3) is 0 Å². The first-order valence-corrected chi connectivity index (χ1v) is 14.7. The quantitative estimate of drug-likeness (QED) is 0.204. The van der Waals surface area contributed by atoms with E-state index in [1.54, 1.807) is 7.11 Å². The monoisotopic (exact) mass is 547 g/mol. The number of aryl methyl sites for hydroxylation is 1. The molecule has 0 N–H and O–H groups in total. The number of hydrogen-bond donors (Lipinski definition) is 0. The SMILES string of the molecule is [C-]#[N+]c1ccc2c(c1)C(CC)(CC)c1c3c(c4ccccc4c1-2)OC(c1ccc(C)cc1)(c1ccc(OC)cc1)C=C3. The summed E-state index contributed by atoms with van der Waals surface area (Å²) in [5.41, 5.74) is 9.23. The predicted octanol–water partition coefficient (Wildman–Crippen LogP) is 10.1. The molecule has 3 heteroatoms. The molecule has 1 atom stereocenters. The highest BCUT2D eigenvalue weighted by molar-refractivity contribution is 6.08. The summed E-state index contributed by atoms with van der Waals surface area (Å²) in [7, 11) is 1.69. The fourth-order valence-electron chi connectivity index (χ4n) is 7.32. The molecule has 5 aromatic rings. The van der Waals surface area contributed by atoms with Crippen molar-refractivity contribution in [1.82, 2.24) is 0 Å². The van der Waals surface area contributed by atoms with Crippen molar-refractivity contribution in [2.45, 2.75) is 44.6 Å². The smallest absolute Gasteiger partial charge is 0.187 e. The first-order valence-electron chi connectivity index (χ1n) is 14.7. The van der Waals surface area contributed by atoms with Crippen molar-refractivity contribution < 1.29 is 9.47 Å². The van der Waals surface area contributed by atoms with E-state index in [0.717, 1.165) is 46.4 Å². The Balaban J connectivity index is 1.56. The molecule has 1 aliphatic carbocycles.